The number of nitrogens with one attached hydrogen (secondary N) is 1. The molecule has 7 heteroatoms. The molecule has 1 N–H and O–H groups in total. The molecule has 2 heterocycles. The molecule has 3 aromatic rings. The number of carbonyl (C=O) groups is 1. The normalized spacial score (nSPS) is 15.8. The van der Waals surface area contributed by atoms with Crippen molar-refractivity contribution in [1.29, 1.82) is 0 Å². The number of hydrogen-bond donors (Lipinski definition) is 1. The third kappa shape index (κ3) is 5.42. The van der Waals surface area contributed by atoms with Crippen LogP contribution in [0.25, 0.3) is 0 Å². The maximum absolute atomic E-state index is 13.2. The summed E-state index contributed by atoms with van der Waals surface area (Å²) < 4.78 is 24.0. The summed E-state index contributed by atoms with van der Waals surface area (Å²) in [5, 5.41) is 7.50. The zero-order valence-corrected chi connectivity index (χ0v) is 17.5. The molecule has 1 atom stereocenters. The first-order valence-electron chi connectivity index (χ1n) is 10.4. The molecule has 1 amide bonds. The van der Waals surface area contributed by atoms with Crippen molar-refractivity contribution in [2.75, 3.05) is 26.8 Å². The maximum Gasteiger partial charge on any atom is 0.227 e. The Labute approximate surface area is 181 Å². The van der Waals surface area contributed by atoms with E-state index in [1.54, 1.807) is 19.2 Å². The molecule has 1 saturated heterocycles. The summed E-state index contributed by atoms with van der Waals surface area (Å²) in [6, 6.07) is 15.8. The molecule has 1 fully saturated rings. The lowest BCUT2D eigenvalue weighted by Gasteiger charge is -2.16. The van der Waals surface area contributed by atoms with Crippen LogP contribution in [0.1, 0.15) is 29.3 Å². The molecule has 1 aliphatic heterocycles. The fourth-order valence-corrected chi connectivity index (χ4v) is 3.81. The van der Waals surface area contributed by atoms with Crippen molar-refractivity contribution in [3.05, 3.63) is 77.4 Å². The number of ether oxygens (including phenoxy) is 2. The van der Waals surface area contributed by atoms with Gasteiger partial charge in [0.2, 0.25) is 5.91 Å². The molecular formula is C24H26FN3O3. The van der Waals surface area contributed by atoms with Crippen LogP contribution in [0.5, 0.6) is 11.5 Å². The van der Waals surface area contributed by atoms with E-state index < -0.39 is 0 Å². The van der Waals surface area contributed by atoms with Crippen molar-refractivity contribution in [1.82, 2.24) is 15.1 Å². The Morgan fingerprint density at radius 2 is 2.03 bits per heavy atom. The third-order valence-corrected chi connectivity index (χ3v) is 5.56. The molecule has 0 unspecified atom stereocenters. The van der Waals surface area contributed by atoms with Crippen LogP contribution in [-0.2, 0) is 17.6 Å². The smallest absolute Gasteiger partial charge is 0.227 e. The van der Waals surface area contributed by atoms with Crippen LogP contribution < -0.4 is 9.47 Å². The minimum Gasteiger partial charge on any atom is -0.497 e. The lowest BCUT2D eigenvalue weighted by molar-refractivity contribution is -0.129. The van der Waals surface area contributed by atoms with Gasteiger partial charge in [-0.15, -0.1) is 0 Å². The van der Waals surface area contributed by atoms with Crippen molar-refractivity contribution >= 4 is 5.91 Å². The number of aromatic amines is 1. The number of aromatic nitrogens is 2. The molecule has 1 aliphatic rings. The second-order valence-corrected chi connectivity index (χ2v) is 7.72. The minimum absolute atomic E-state index is 0.131. The highest BCUT2D eigenvalue weighted by Crippen LogP contribution is 2.27. The molecule has 31 heavy (non-hydrogen) atoms. The van der Waals surface area contributed by atoms with E-state index in [0.717, 1.165) is 35.7 Å². The van der Waals surface area contributed by atoms with Crippen LogP contribution in [0.2, 0.25) is 0 Å². The fourth-order valence-electron chi connectivity index (χ4n) is 3.81. The summed E-state index contributed by atoms with van der Waals surface area (Å²) in [5.41, 5.74) is 2.92. The maximum atomic E-state index is 13.2. The second-order valence-electron chi connectivity index (χ2n) is 7.72. The molecular weight excluding hydrogens is 397 g/mol. The molecule has 0 spiro atoms. The van der Waals surface area contributed by atoms with Gasteiger partial charge < -0.3 is 14.4 Å². The van der Waals surface area contributed by atoms with Gasteiger partial charge in [0.05, 0.1) is 25.8 Å². The zero-order valence-electron chi connectivity index (χ0n) is 17.5. The molecule has 0 aliphatic carbocycles. The average molecular weight is 423 g/mol. The van der Waals surface area contributed by atoms with Gasteiger partial charge in [0.15, 0.2) is 0 Å². The summed E-state index contributed by atoms with van der Waals surface area (Å²) in [6.07, 6.45) is 1.94. The second kappa shape index (κ2) is 9.64. The van der Waals surface area contributed by atoms with Crippen LogP contribution in [-0.4, -0.2) is 47.8 Å². The number of H-pyrrole nitrogens is 1. The molecule has 0 bridgehead atoms. The van der Waals surface area contributed by atoms with Crippen molar-refractivity contribution in [2.45, 2.75) is 25.2 Å². The van der Waals surface area contributed by atoms with Gasteiger partial charge in [-0.1, -0.05) is 18.2 Å². The van der Waals surface area contributed by atoms with Crippen molar-refractivity contribution in [3.8, 4) is 11.5 Å². The Bertz CT molecular complexity index is 1020. The molecule has 1 aromatic heterocycles. The standard InChI is InChI=1S/C24H26FN3O3/c1-30-21-7-5-17(6-8-21)13-24(29)28-11-9-18(16-28)23-15-20(26-27-23)10-12-31-22-4-2-3-19(25)14-22/h2-8,14-15,18H,9-13,16H2,1H3,(H,26,27)/t18-/m1/s1. The molecule has 0 saturated carbocycles. The summed E-state index contributed by atoms with van der Waals surface area (Å²) in [4.78, 5) is 14.6. The van der Waals surface area contributed by atoms with E-state index in [1.165, 1.54) is 12.1 Å². The highest BCUT2D eigenvalue weighted by atomic mass is 19.1. The Hall–Kier alpha value is -3.35. The first kappa shape index (κ1) is 20.9. The topological polar surface area (TPSA) is 67.4 Å². The highest BCUT2D eigenvalue weighted by Gasteiger charge is 2.28. The van der Waals surface area contributed by atoms with Gasteiger partial charge >= 0.3 is 0 Å². The monoisotopic (exact) mass is 423 g/mol. The van der Waals surface area contributed by atoms with Crippen molar-refractivity contribution in [2.24, 2.45) is 0 Å². The van der Waals surface area contributed by atoms with E-state index in [1.807, 2.05) is 35.2 Å². The summed E-state index contributed by atoms with van der Waals surface area (Å²) in [5.74, 6) is 1.35. The summed E-state index contributed by atoms with van der Waals surface area (Å²) in [7, 11) is 1.63. The largest absolute Gasteiger partial charge is 0.497 e. The van der Waals surface area contributed by atoms with E-state index in [0.29, 0.717) is 31.7 Å². The number of benzene rings is 2. The Kier molecular flexibility index (Phi) is 6.50. The predicted molar refractivity (Wildman–Crippen MR) is 115 cm³/mol. The van der Waals surface area contributed by atoms with Gasteiger partial charge in [0.25, 0.3) is 0 Å². The summed E-state index contributed by atoms with van der Waals surface area (Å²) in [6.45, 7) is 1.85. The van der Waals surface area contributed by atoms with Gasteiger partial charge in [-0.2, -0.15) is 5.10 Å². The van der Waals surface area contributed by atoms with Crippen LogP contribution >= 0.6 is 0 Å². The Morgan fingerprint density at radius 3 is 2.81 bits per heavy atom. The number of likely N-dealkylation sites (tertiary alicyclic amines) is 1. The van der Waals surface area contributed by atoms with E-state index in [2.05, 4.69) is 10.2 Å². The number of carbonyl (C=O) groups excluding carboxylic acids is 1. The minimum atomic E-state index is -0.311. The lowest BCUT2D eigenvalue weighted by atomic mass is 10.0. The van der Waals surface area contributed by atoms with E-state index >= 15 is 0 Å². The highest BCUT2D eigenvalue weighted by molar-refractivity contribution is 5.79. The summed E-state index contributed by atoms with van der Waals surface area (Å²) >= 11 is 0. The Morgan fingerprint density at radius 1 is 1.19 bits per heavy atom. The number of nitrogens with zero attached hydrogens (tertiary/aromatic N) is 2. The van der Waals surface area contributed by atoms with Crippen LogP contribution in [0, 0.1) is 5.82 Å². The number of halogens is 1. The molecule has 2 aromatic carbocycles. The van der Waals surface area contributed by atoms with E-state index in [9.17, 15) is 9.18 Å². The van der Waals surface area contributed by atoms with Crippen molar-refractivity contribution in [3.63, 3.8) is 0 Å². The third-order valence-electron chi connectivity index (χ3n) is 5.56. The molecule has 4 rings (SSSR count). The van der Waals surface area contributed by atoms with Gasteiger partial charge in [-0.25, -0.2) is 4.39 Å². The molecule has 162 valence electrons. The van der Waals surface area contributed by atoms with E-state index in [-0.39, 0.29) is 17.6 Å². The van der Waals surface area contributed by atoms with Crippen LogP contribution in [0.3, 0.4) is 0 Å². The average Bonchev–Trinajstić information content (AvgIpc) is 3.44. The van der Waals surface area contributed by atoms with Crippen LogP contribution in [0.15, 0.2) is 54.6 Å². The van der Waals surface area contributed by atoms with Crippen molar-refractivity contribution < 1.29 is 18.7 Å². The number of amides is 1. The van der Waals surface area contributed by atoms with Gasteiger partial charge in [-0.05, 0) is 42.3 Å². The van der Waals surface area contributed by atoms with Gasteiger partial charge in [-0.3, -0.25) is 9.89 Å². The number of methoxy groups -OCH3 is 1. The first-order valence-corrected chi connectivity index (χ1v) is 10.4. The molecule has 6 nitrogen and oxygen atoms in total. The quantitative estimate of drug-likeness (QED) is 0.599. The number of hydrogen-bond acceptors (Lipinski definition) is 4. The lowest BCUT2D eigenvalue weighted by Crippen LogP contribution is -2.29. The Balaban J connectivity index is 1.26. The SMILES string of the molecule is COc1ccc(CC(=O)N2CC[C@@H](c3cc(CCOc4cccc(F)c4)[nH]n3)C2)cc1. The zero-order chi connectivity index (χ0) is 21.6. The number of rotatable bonds is 8. The van der Waals surface area contributed by atoms with Gasteiger partial charge in [0.1, 0.15) is 17.3 Å². The van der Waals surface area contributed by atoms with Gasteiger partial charge in [0, 0.05) is 37.2 Å². The molecule has 0 radical (unpaired) electrons. The van der Waals surface area contributed by atoms with Crippen LogP contribution in [0.4, 0.5) is 4.39 Å². The first-order chi connectivity index (χ1) is 15.1. The fraction of sp³-hybridized carbons (Fsp3) is 0.333. The van der Waals surface area contributed by atoms with E-state index in [4.69, 9.17) is 9.47 Å². The predicted octanol–water partition coefficient (Wildman–Crippen LogP) is 3.74.